The summed E-state index contributed by atoms with van der Waals surface area (Å²) in [6.07, 6.45) is -0.962. The molecule has 0 saturated carbocycles. The van der Waals surface area contributed by atoms with E-state index in [2.05, 4.69) is 0 Å². The third-order valence-electron chi connectivity index (χ3n) is 2.56. The first-order valence-electron chi connectivity index (χ1n) is 6.19. The zero-order chi connectivity index (χ0) is 13.4. The van der Waals surface area contributed by atoms with Crippen LogP contribution in [0.15, 0.2) is 30.3 Å². The van der Waals surface area contributed by atoms with Crippen LogP contribution in [-0.2, 0) is 16.1 Å². The summed E-state index contributed by atoms with van der Waals surface area (Å²) in [7, 11) is 0. The van der Waals surface area contributed by atoms with Gasteiger partial charge in [0.2, 0.25) is 5.12 Å². The molecule has 100 valence electrons. The van der Waals surface area contributed by atoms with Gasteiger partial charge in [0.1, 0.15) is 0 Å². The van der Waals surface area contributed by atoms with Crippen LogP contribution in [0.25, 0.3) is 0 Å². The van der Waals surface area contributed by atoms with Crippen molar-refractivity contribution < 1.29 is 14.6 Å². The highest BCUT2D eigenvalue weighted by molar-refractivity contribution is 8.13. The molecule has 0 aliphatic heterocycles. The Balaban J connectivity index is 2.59. The van der Waals surface area contributed by atoms with Gasteiger partial charge in [-0.1, -0.05) is 55.9 Å². The molecule has 0 saturated heterocycles. The summed E-state index contributed by atoms with van der Waals surface area (Å²) >= 11 is 1.19. The molecule has 0 aromatic heterocycles. The second-order valence-corrected chi connectivity index (χ2v) is 5.21. The maximum Gasteiger partial charge on any atom is 0.220 e. The molecule has 0 aliphatic carbocycles. The molecule has 2 atom stereocenters. The van der Waals surface area contributed by atoms with Gasteiger partial charge >= 0.3 is 0 Å². The lowest BCUT2D eigenvalue weighted by atomic mass is 10.1. The summed E-state index contributed by atoms with van der Waals surface area (Å²) in [5.41, 5.74) is 1.00. The molecule has 0 unspecified atom stereocenters. The molecule has 1 aromatic carbocycles. The van der Waals surface area contributed by atoms with Gasteiger partial charge in [-0.2, -0.15) is 0 Å². The van der Waals surface area contributed by atoms with E-state index in [1.165, 1.54) is 11.8 Å². The predicted molar refractivity (Wildman–Crippen MR) is 74.5 cm³/mol. The van der Waals surface area contributed by atoms with Crippen molar-refractivity contribution in [1.82, 2.24) is 0 Å². The van der Waals surface area contributed by atoms with Gasteiger partial charge in [0.05, 0.1) is 12.7 Å². The van der Waals surface area contributed by atoms with Gasteiger partial charge in [0.15, 0.2) is 6.10 Å². The SMILES string of the molecule is CCSC(=O)[C@H](OCc1ccccc1)[C@H](O)CC. The second kappa shape index (κ2) is 8.29. The lowest BCUT2D eigenvalue weighted by Crippen LogP contribution is -2.34. The molecule has 0 fully saturated rings. The number of carbonyl (C=O) groups excluding carboxylic acids is 1. The fraction of sp³-hybridized carbons (Fsp3) is 0.500. The summed E-state index contributed by atoms with van der Waals surface area (Å²) < 4.78 is 5.57. The Morgan fingerprint density at radius 3 is 2.56 bits per heavy atom. The Bertz CT molecular complexity index is 353. The molecule has 1 N–H and O–H groups in total. The van der Waals surface area contributed by atoms with Crippen molar-refractivity contribution in [3.05, 3.63) is 35.9 Å². The molecular weight excluding hydrogens is 248 g/mol. The van der Waals surface area contributed by atoms with Crippen LogP contribution in [0.1, 0.15) is 25.8 Å². The normalized spacial score (nSPS) is 14.2. The highest BCUT2D eigenvalue weighted by atomic mass is 32.2. The van der Waals surface area contributed by atoms with E-state index < -0.39 is 12.2 Å². The molecule has 0 aliphatic rings. The van der Waals surface area contributed by atoms with Gasteiger partial charge in [0, 0.05) is 0 Å². The highest BCUT2D eigenvalue weighted by Gasteiger charge is 2.26. The summed E-state index contributed by atoms with van der Waals surface area (Å²) in [4.78, 5) is 11.8. The van der Waals surface area contributed by atoms with Crippen molar-refractivity contribution in [2.45, 2.75) is 39.1 Å². The van der Waals surface area contributed by atoms with Gasteiger partial charge in [-0.25, -0.2) is 0 Å². The number of hydrogen-bond acceptors (Lipinski definition) is 4. The molecule has 0 bridgehead atoms. The number of benzene rings is 1. The first-order valence-corrected chi connectivity index (χ1v) is 7.17. The molecule has 0 radical (unpaired) electrons. The van der Waals surface area contributed by atoms with Crippen LogP contribution in [0.4, 0.5) is 0 Å². The van der Waals surface area contributed by atoms with Crippen molar-refractivity contribution >= 4 is 16.9 Å². The molecule has 4 heteroatoms. The van der Waals surface area contributed by atoms with Gasteiger partial charge < -0.3 is 9.84 Å². The number of aliphatic hydroxyl groups excluding tert-OH is 1. The summed E-state index contributed by atoms with van der Waals surface area (Å²) in [5.74, 6) is 0.695. The number of hydrogen-bond donors (Lipinski definition) is 1. The standard InChI is InChI=1S/C14H20O3S/c1-3-12(15)13(14(16)18-4-2)17-10-11-8-6-5-7-9-11/h5-9,12-13,15H,3-4,10H2,1-2H3/t12-,13-/m1/s1. The molecule has 0 spiro atoms. The number of aliphatic hydroxyl groups is 1. The minimum atomic E-state index is -0.736. The van der Waals surface area contributed by atoms with Crippen LogP contribution >= 0.6 is 11.8 Å². The Kier molecular flexibility index (Phi) is 7.01. The van der Waals surface area contributed by atoms with Crippen molar-refractivity contribution in [3.8, 4) is 0 Å². The van der Waals surface area contributed by atoms with E-state index in [9.17, 15) is 9.90 Å². The topological polar surface area (TPSA) is 46.5 Å². The van der Waals surface area contributed by atoms with Crippen LogP contribution in [0.5, 0.6) is 0 Å². The Morgan fingerprint density at radius 1 is 1.33 bits per heavy atom. The van der Waals surface area contributed by atoms with Gasteiger partial charge in [0.25, 0.3) is 0 Å². The van der Waals surface area contributed by atoms with Gasteiger partial charge in [-0.15, -0.1) is 0 Å². The van der Waals surface area contributed by atoms with E-state index in [4.69, 9.17) is 4.74 Å². The third kappa shape index (κ3) is 4.80. The predicted octanol–water partition coefficient (Wildman–Crippen LogP) is 2.62. The second-order valence-electron chi connectivity index (χ2n) is 3.94. The zero-order valence-electron chi connectivity index (χ0n) is 10.8. The molecule has 1 aromatic rings. The Labute approximate surface area is 113 Å². The number of carbonyl (C=O) groups is 1. The first kappa shape index (κ1) is 15.2. The average molecular weight is 268 g/mol. The monoisotopic (exact) mass is 268 g/mol. The third-order valence-corrected chi connectivity index (χ3v) is 3.36. The van der Waals surface area contributed by atoms with E-state index in [1.807, 2.05) is 44.2 Å². The number of ether oxygens (including phenoxy) is 1. The maximum atomic E-state index is 11.8. The fourth-order valence-corrected chi connectivity index (χ4v) is 2.21. The first-order chi connectivity index (χ1) is 8.69. The molecule has 0 amide bonds. The summed E-state index contributed by atoms with van der Waals surface area (Å²) in [5, 5.41) is 9.74. The van der Waals surface area contributed by atoms with Crippen LogP contribution in [0.3, 0.4) is 0 Å². The minimum absolute atomic E-state index is 0.0946. The van der Waals surface area contributed by atoms with E-state index in [0.29, 0.717) is 18.8 Å². The smallest absolute Gasteiger partial charge is 0.220 e. The highest BCUT2D eigenvalue weighted by Crippen LogP contribution is 2.15. The Morgan fingerprint density at radius 2 is 2.00 bits per heavy atom. The van der Waals surface area contributed by atoms with E-state index in [1.54, 1.807) is 0 Å². The zero-order valence-corrected chi connectivity index (χ0v) is 11.7. The van der Waals surface area contributed by atoms with Crippen molar-refractivity contribution in [3.63, 3.8) is 0 Å². The number of rotatable bonds is 7. The minimum Gasteiger partial charge on any atom is -0.390 e. The van der Waals surface area contributed by atoms with E-state index >= 15 is 0 Å². The van der Waals surface area contributed by atoms with E-state index in [-0.39, 0.29) is 5.12 Å². The largest absolute Gasteiger partial charge is 0.390 e. The van der Waals surface area contributed by atoms with Crippen molar-refractivity contribution in [1.29, 1.82) is 0 Å². The maximum absolute atomic E-state index is 11.8. The lowest BCUT2D eigenvalue weighted by Gasteiger charge is -2.20. The van der Waals surface area contributed by atoms with Gasteiger partial charge in [-0.05, 0) is 17.7 Å². The van der Waals surface area contributed by atoms with E-state index in [0.717, 1.165) is 5.56 Å². The van der Waals surface area contributed by atoms with Crippen molar-refractivity contribution in [2.24, 2.45) is 0 Å². The summed E-state index contributed by atoms with van der Waals surface area (Å²) in [6, 6.07) is 9.65. The Hall–Kier alpha value is -0.840. The van der Waals surface area contributed by atoms with Crippen molar-refractivity contribution in [2.75, 3.05) is 5.75 Å². The lowest BCUT2D eigenvalue weighted by molar-refractivity contribution is -0.130. The van der Waals surface area contributed by atoms with Crippen LogP contribution in [-0.4, -0.2) is 28.2 Å². The molecule has 0 heterocycles. The molecule has 3 nitrogen and oxygen atoms in total. The number of thioether (sulfide) groups is 1. The average Bonchev–Trinajstić information content (AvgIpc) is 2.40. The summed E-state index contributed by atoms with van der Waals surface area (Å²) in [6.45, 7) is 4.10. The molecule has 18 heavy (non-hydrogen) atoms. The fourth-order valence-electron chi connectivity index (χ4n) is 1.53. The van der Waals surface area contributed by atoms with Crippen LogP contribution in [0.2, 0.25) is 0 Å². The van der Waals surface area contributed by atoms with Crippen LogP contribution < -0.4 is 0 Å². The molecule has 1 rings (SSSR count). The molecular formula is C14H20O3S. The quantitative estimate of drug-likeness (QED) is 0.825. The van der Waals surface area contributed by atoms with Crippen LogP contribution in [0, 0.1) is 0 Å². The van der Waals surface area contributed by atoms with Gasteiger partial charge in [-0.3, -0.25) is 4.79 Å².